The molecule has 0 bridgehead atoms. The molecule has 0 saturated heterocycles. The van der Waals surface area contributed by atoms with E-state index in [9.17, 15) is 0 Å². The van der Waals surface area contributed by atoms with Crippen molar-refractivity contribution in [3.8, 4) is 22.3 Å². The SMILES string of the molecule is Cc1ccc(N(c2cccc(C(C)(C)C)c2)c2ccc3c4cc5c(cc4n4c6ccccc6c2c34)c2ccc(N(c3cccc(C(C)(C)C)c3)c3ccc(C)cc3-c3ccccc3)c3c4ccccc4n5c23)c(-c2ccccc2)c1. The van der Waals surface area contributed by atoms with Crippen molar-refractivity contribution in [3.05, 3.63) is 253 Å². The molecule has 4 aromatic heterocycles. The zero-order valence-electron chi connectivity index (χ0n) is 46.7. The van der Waals surface area contributed by atoms with Crippen LogP contribution in [0.15, 0.2) is 231 Å². The third kappa shape index (κ3) is 7.21. The fourth-order valence-corrected chi connectivity index (χ4v) is 13.3. The van der Waals surface area contributed by atoms with Crippen LogP contribution in [-0.2, 0) is 10.8 Å². The Morgan fingerprint density at radius 3 is 1.10 bits per heavy atom. The number of hydrogen-bond donors (Lipinski definition) is 0. The van der Waals surface area contributed by atoms with E-state index in [1.54, 1.807) is 0 Å². The zero-order chi connectivity index (χ0) is 54.3. The summed E-state index contributed by atoms with van der Waals surface area (Å²) in [6.45, 7) is 18.3. The summed E-state index contributed by atoms with van der Waals surface area (Å²) < 4.78 is 5.14. The van der Waals surface area contributed by atoms with Crippen LogP contribution in [-0.4, -0.2) is 8.80 Å². The largest absolute Gasteiger partial charge is 0.309 e. The highest BCUT2D eigenvalue weighted by Crippen LogP contribution is 2.53. The topological polar surface area (TPSA) is 15.3 Å². The van der Waals surface area contributed by atoms with Crippen molar-refractivity contribution < 1.29 is 0 Å². The fourth-order valence-electron chi connectivity index (χ4n) is 13.3. The Morgan fingerprint density at radius 2 is 0.688 bits per heavy atom. The Bertz CT molecular complexity index is 4610. The molecule has 0 fully saturated rings. The van der Waals surface area contributed by atoms with Crippen molar-refractivity contribution in [3.63, 3.8) is 0 Å². The van der Waals surface area contributed by atoms with E-state index < -0.39 is 0 Å². The minimum Gasteiger partial charge on any atom is -0.309 e. The van der Waals surface area contributed by atoms with E-state index in [0.717, 1.165) is 34.1 Å². The molecular weight excluding hydrogens is 969 g/mol. The average molecular weight is 1030 g/mol. The van der Waals surface area contributed by atoms with Crippen LogP contribution in [0, 0.1) is 13.8 Å². The van der Waals surface area contributed by atoms with Crippen molar-refractivity contribution in [1.29, 1.82) is 0 Å². The second kappa shape index (κ2) is 17.6. The van der Waals surface area contributed by atoms with Crippen LogP contribution in [0.3, 0.4) is 0 Å². The molecule has 0 atom stereocenters. The molecule has 0 aliphatic carbocycles. The molecule has 80 heavy (non-hydrogen) atoms. The molecule has 4 nitrogen and oxygen atoms in total. The summed E-state index contributed by atoms with van der Waals surface area (Å²) in [5.41, 5.74) is 23.9. The van der Waals surface area contributed by atoms with E-state index in [1.165, 1.54) is 121 Å². The number of aromatic nitrogens is 2. The zero-order valence-corrected chi connectivity index (χ0v) is 46.7. The van der Waals surface area contributed by atoms with Crippen molar-refractivity contribution >= 4 is 110 Å². The van der Waals surface area contributed by atoms with Gasteiger partial charge < -0.3 is 18.6 Å². The first-order valence-electron chi connectivity index (χ1n) is 28.3. The standard InChI is InChI=1S/C76H62N4/c1-47-33-37-65(59(41-47)49-21-11-9-12-22-49)77(53-27-19-25-51(43-53)75(3,4)5)67-39-35-55-61-45-70-62(46-69(61)79-63-31-17-15-29-57(63)71(67)73(55)79)56-36-40-68(72-58-30-16-18-32-64(58)80(70)74(56)72)78(54-28-20-26-52(44-54)76(6,7)8)66-38-34-48(2)42-60(66)50-23-13-10-14-24-50/h9-46H,1-8H3. The lowest BCUT2D eigenvalue weighted by Crippen LogP contribution is -2.15. The average Bonchev–Trinajstić information content (AvgIpc) is 3.97. The van der Waals surface area contributed by atoms with Gasteiger partial charge in [0.05, 0.1) is 55.8 Å². The van der Waals surface area contributed by atoms with Gasteiger partial charge >= 0.3 is 0 Å². The maximum Gasteiger partial charge on any atom is 0.0641 e. The maximum absolute atomic E-state index is 2.57. The molecule has 386 valence electrons. The summed E-state index contributed by atoms with van der Waals surface area (Å²) in [4.78, 5) is 5.07. The van der Waals surface area contributed by atoms with Gasteiger partial charge in [0.2, 0.25) is 0 Å². The van der Waals surface area contributed by atoms with Crippen LogP contribution in [0.4, 0.5) is 34.1 Å². The molecule has 0 amide bonds. The molecule has 15 aromatic rings. The quantitative estimate of drug-likeness (QED) is 0.151. The number of anilines is 6. The van der Waals surface area contributed by atoms with Crippen molar-refractivity contribution in [2.24, 2.45) is 0 Å². The predicted octanol–water partition coefficient (Wildman–Crippen LogP) is 21.5. The first-order chi connectivity index (χ1) is 38.8. The summed E-state index contributed by atoms with van der Waals surface area (Å²) in [6.07, 6.45) is 0. The van der Waals surface area contributed by atoms with Crippen LogP contribution in [0.25, 0.3) is 98.4 Å². The molecule has 0 radical (unpaired) electrons. The highest BCUT2D eigenvalue weighted by molar-refractivity contribution is 6.32. The van der Waals surface area contributed by atoms with E-state index in [4.69, 9.17) is 0 Å². The monoisotopic (exact) mass is 1030 g/mol. The molecule has 0 saturated carbocycles. The maximum atomic E-state index is 2.57. The Balaban J connectivity index is 1.02. The van der Waals surface area contributed by atoms with E-state index in [0.29, 0.717) is 0 Å². The summed E-state index contributed by atoms with van der Waals surface area (Å²) in [6, 6.07) is 86.8. The highest BCUT2D eigenvalue weighted by Gasteiger charge is 2.30. The third-order valence-corrected chi connectivity index (χ3v) is 17.1. The van der Waals surface area contributed by atoms with Gasteiger partial charge in [-0.05, 0) is 132 Å². The number of benzene rings is 11. The van der Waals surface area contributed by atoms with Gasteiger partial charge in [-0.3, -0.25) is 0 Å². The summed E-state index contributed by atoms with van der Waals surface area (Å²) in [5, 5.41) is 9.95. The first-order valence-corrected chi connectivity index (χ1v) is 28.3. The van der Waals surface area contributed by atoms with Gasteiger partial charge in [-0.25, -0.2) is 0 Å². The van der Waals surface area contributed by atoms with Crippen LogP contribution >= 0.6 is 0 Å². The molecule has 0 N–H and O–H groups in total. The molecule has 11 aromatic carbocycles. The van der Waals surface area contributed by atoms with Crippen molar-refractivity contribution in [1.82, 2.24) is 8.80 Å². The van der Waals surface area contributed by atoms with E-state index in [1.807, 2.05) is 0 Å². The Hall–Kier alpha value is -9.38. The Morgan fingerprint density at radius 1 is 0.300 bits per heavy atom. The fraction of sp³-hybridized carbons (Fsp3) is 0.132. The van der Waals surface area contributed by atoms with Gasteiger partial charge in [-0.1, -0.05) is 198 Å². The lowest BCUT2D eigenvalue weighted by atomic mass is 9.86. The van der Waals surface area contributed by atoms with Crippen LogP contribution < -0.4 is 9.80 Å². The van der Waals surface area contributed by atoms with Crippen LogP contribution in [0.1, 0.15) is 63.8 Å². The highest BCUT2D eigenvalue weighted by atomic mass is 15.2. The first kappa shape index (κ1) is 47.8. The minimum absolute atomic E-state index is 0.0430. The van der Waals surface area contributed by atoms with Crippen molar-refractivity contribution in [2.45, 2.75) is 66.2 Å². The molecule has 0 aliphatic heterocycles. The normalized spacial score (nSPS) is 12.5. The van der Waals surface area contributed by atoms with Crippen LogP contribution in [0.2, 0.25) is 0 Å². The predicted molar refractivity (Wildman–Crippen MR) is 343 cm³/mol. The lowest BCUT2D eigenvalue weighted by molar-refractivity contribution is 0.590. The molecule has 0 spiro atoms. The Labute approximate surface area is 467 Å². The van der Waals surface area contributed by atoms with Crippen LogP contribution in [0.5, 0.6) is 0 Å². The van der Waals surface area contributed by atoms with Gasteiger partial charge in [-0.2, -0.15) is 0 Å². The number of fused-ring (bicyclic) bond motifs is 12. The number of rotatable bonds is 8. The molecule has 0 aliphatic rings. The van der Waals surface area contributed by atoms with Gasteiger partial charge in [-0.15, -0.1) is 0 Å². The van der Waals surface area contributed by atoms with Gasteiger partial charge in [0.1, 0.15) is 0 Å². The van der Waals surface area contributed by atoms with E-state index in [2.05, 4.69) is 305 Å². The van der Waals surface area contributed by atoms with Gasteiger partial charge in [0.15, 0.2) is 0 Å². The second-order valence-electron chi connectivity index (χ2n) is 24.3. The van der Waals surface area contributed by atoms with Crippen molar-refractivity contribution in [2.75, 3.05) is 9.80 Å². The molecule has 4 heterocycles. The van der Waals surface area contributed by atoms with E-state index in [-0.39, 0.29) is 10.8 Å². The summed E-state index contributed by atoms with van der Waals surface area (Å²) in [7, 11) is 0. The molecule has 15 rings (SSSR count). The minimum atomic E-state index is -0.0430. The second-order valence-corrected chi connectivity index (χ2v) is 24.3. The lowest BCUT2D eigenvalue weighted by Gasteiger charge is -2.30. The Kier molecular flexibility index (Phi) is 10.5. The smallest absolute Gasteiger partial charge is 0.0641 e. The van der Waals surface area contributed by atoms with Gasteiger partial charge in [0, 0.05) is 65.6 Å². The van der Waals surface area contributed by atoms with E-state index >= 15 is 0 Å². The molecule has 4 heteroatoms. The third-order valence-electron chi connectivity index (χ3n) is 17.1. The summed E-state index contributed by atoms with van der Waals surface area (Å²) in [5.74, 6) is 0. The number of nitrogens with zero attached hydrogens (tertiary/aromatic N) is 4. The molecule has 0 unspecified atom stereocenters. The number of para-hydroxylation sites is 2. The summed E-state index contributed by atoms with van der Waals surface area (Å²) >= 11 is 0. The number of hydrogen-bond acceptors (Lipinski definition) is 2. The van der Waals surface area contributed by atoms with Gasteiger partial charge in [0.25, 0.3) is 0 Å². The number of aryl methyl sites for hydroxylation is 2. The molecular formula is C76H62N4.